The third-order valence-corrected chi connectivity index (χ3v) is 5.58. The van der Waals surface area contributed by atoms with Crippen molar-refractivity contribution in [1.82, 2.24) is 15.1 Å². The van der Waals surface area contributed by atoms with Crippen molar-refractivity contribution in [3.05, 3.63) is 0 Å². The molecule has 1 N–H and O–H groups in total. The molecule has 2 aliphatic heterocycles. The molecule has 0 spiro atoms. The van der Waals surface area contributed by atoms with Crippen LogP contribution in [0.25, 0.3) is 0 Å². The maximum atomic E-state index is 12.1. The smallest absolute Gasteiger partial charge is 0.237 e. The molecule has 0 radical (unpaired) electrons. The summed E-state index contributed by atoms with van der Waals surface area (Å²) in [6.07, 6.45) is 9.45. The first-order valence-corrected chi connectivity index (χ1v) is 8.45. The van der Waals surface area contributed by atoms with Gasteiger partial charge in [-0.2, -0.15) is 0 Å². The Labute approximate surface area is 122 Å². The van der Waals surface area contributed by atoms with E-state index in [0.29, 0.717) is 24.5 Å². The summed E-state index contributed by atoms with van der Waals surface area (Å²) in [6, 6.07) is 0. The molecule has 4 nitrogen and oxygen atoms in total. The number of hydrogen-bond acceptors (Lipinski definition) is 3. The summed E-state index contributed by atoms with van der Waals surface area (Å²) in [5.41, 5.74) is 0. The molecule has 1 aliphatic carbocycles. The summed E-state index contributed by atoms with van der Waals surface area (Å²) in [5.74, 6) is 1.86. The van der Waals surface area contributed by atoms with Crippen LogP contribution < -0.4 is 5.32 Å². The first kappa shape index (κ1) is 14.3. The van der Waals surface area contributed by atoms with Crippen LogP contribution in [0.15, 0.2) is 0 Å². The van der Waals surface area contributed by atoms with Gasteiger partial charge in [0.05, 0.1) is 12.7 Å². The number of likely N-dealkylation sites (tertiary alicyclic amines) is 1. The molecule has 0 aromatic carbocycles. The molecule has 0 aromatic heterocycles. The number of carbonyl (C=O) groups excluding carboxylic acids is 1. The van der Waals surface area contributed by atoms with Gasteiger partial charge in [0.15, 0.2) is 0 Å². The van der Waals surface area contributed by atoms with Crippen molar-refractivity contribution in [1.29, 1.82) is 0 Å². The molecule has 1 saturated carbocycles. The minimum absolute atomic E-state index is 0.329. The highest BCUT2D eigenvalue weighted by atomic mass is 16.2. The van der Waals surface area contributed by atoms with E-state index in [-0.39, 0.29) is 0 Å². The van der Waals surface area contributed by atoms with Crippen LogP contribution in [0, 0.1) is 11.8 Å². The standard InChI is InChI=1S/C16H29N3O/c1-18-9-6-13(7-10-18)8-11-19-15(20)12-17-16(19)14-4-2-3-5-14/h13-14,16-17H,2-12H2,1H3. The molecule has 3 fully saturated rings. The monoisotopic (exact) mass is 279 g/mol. The second-order valence-corrected chi connectivity index (χ2v) is 6.99. The summed E-state index contributed by atoms with van der Waals surface area (Å²) in [6.45, 7) is 3.99. The van der Waals surface area contributed by atoms with Gasteiger partial charge in [-0.3, -0.25) is 10.1 Å². The number of carbonyl (C=O) groups is 1. The lowest BCUT2D eigenvalue weighted by molar-refractivity contribution is -0.128. The minimum Gasteiger partial charge on any atom is -0.326 e. The van der Waals surface area contributed by atoms with Gasteiger partial charge in [-0.05, 0) is 64.1 Å². The van der Waals surface area contributed by atoms with E-state index in [4.69, 9.17) is 0 Å². The third kappa shape index (κ3) is 3.17. The SMILES string of the molecule is CN1CCC(CCN2C(=O)CNC2C2CCCC2)CC1. The van der Waals surface area contributed by atoms with E-state index in [1.165, 1.54) is 58.0 Å². The Hall–Kier alpha value is -0.610. The second-order valence-electron chi connectivity index (χ2n) is 6.99. The fourth-order valence-electron chi connectivity index (χ4n) is 4.19. The average molecular weight is 279 g/mol. The molecule has 3 rings (SSSR count). The van der Waals surface area contributed by atoms with Crippen LogP contribution in [0.3, 0.4) is 0 Å². The van der Waals surface area contributed by atoms with Gasteiger partial charge in [0, 0.05) is 6.54 Å². The molecular formula is C16H29N3O. The zero-order valence-corrected chi connectivity index (χ0v) is 12.8. The van der Waals surface area contributed by atoms with E-state index in [1.54, 1.807) is 0 Å². The first-order valence-electron chi connectivity index (χ1n) is 8.45. The van der Waals surface area contributed by atoms with Gasteiger partial charge in [0.1, 0.15) is 0 Å². The zero-order valence-electron chi connectivity index (χ0n) is 12.8. The van der Waals surface area contributed by atoms with Crippen molar-refractivity contribution >= 4 is 5.91 Å². The molecule has 4 heteroatoms. The van der Waals surface area contributed by atoms with Gasteiger partial charge in [-0.1, -0.05) is 12.8 Å². The summed E-state index contributed by atoms with van der Waals surface area (Å²) < 4.78 is 0. The Bertz CT molecular complexity index is 333. The number of rotatable bonds is 4. The van der Waals surface area contributed by atoms with Crippen LogP contribution in [0.2, 0.25) is 0 Å². The zero-order chi connectivity index (χ0) is 13.9. The van der Waals surface area contributed by atoms with Crippen molar-refractivity contribution in [2.45, 2.75) is 51.1 Å². The highest BCUT2D eigenvalue weighted by Crippen LogP contribution is 2.31. The van der Waals surface area contributed by atoms with Crippen LogP contribution in [0.5, 0.6) is 0 Å². The van der Waals surface area contributed by atoms with E-state index >= 15 is 0 Å². The Morgan fingerprint density at radius 3 is 2.55 bits per heavy atom. The van der Waals surface area contributed by atoms with E-state index < -0.39 is 0 Å². The first-order chi connectivity index (χ1) is 9.74. The lowest BCUT2D eigenvalue weighted by Crippen LogP contribution is -2.43. The lowest BCUT2D eigenvalue weighted by atomic mass is 9.93. The molecule has 0 bridgehead atoms. The summed E-state index contributed by atoms with van der Waals surface area (Å²) in [4.78, 5) is 16.7. The van der Waals surface area contributed by atoms with Crippen molar-refractivity contribution in [3.63, 3.8) is 0 Å². The van der Waals surface area contributed by atoms with Crippen molar-refractivity contribution in [2.24, 2.45) is 11.8 Å². The maximum Gasteiger partial charge on any atom is 0.237 e. The summed E-state index contributed by atoms with van der Waals surface area (Å²) in [7, 11) is 2.21. The quantitative estimate of drug-likeness (QED) is 0.850. The highest BCUT2D eigenvalue weighted by Gasteiger charge is 2.37. The Kier molecular flexibility index (Phi) is 4.61. The molecule has 1 unspecified atom stereocenters. The highest BCUT2D eigenvalue weighted by molar-refractivity contribution is 5.80. The number of nitrogens with one attached hydrogen (secondary N) is 1. The maximum absolute atomic E-state index is 12.1. The Morgan fingerprint density at radius 2 is 1.85 bits per heavy atom. The molecule has 2 heterocycles. The predicted molar refractivity (Wildman–Crippen MR) is 80.3 cm³/mol. The number of amides is 1. The second kappa shape index (κ2) is 6.44. The molecule has 1 amide bonds. The Morgan fingerprint density at radius 1 is 1.15 bits per heavy atom. The van der Waals surface area contributed by atoms with E-state index in [2.05, 4.69) is 22.2 Å². The van der Waals surface area contributed by atoms with Gasteiger partial charge in [-0.15, -0.1) is 0 Å². The molecule has 0 aromatic rings. The van der Waals surface area contributed by atoms with Gasteiger partial charge < -0.3 is 9.80 Å². The Balaban J connectivity index is 1.50. The van der Waals surface area contributed by atoms with Crippen LogP contribution in [0.1, 0.15) is 44.9 Å². The third-order valence-electron chi connectivity index (χ3n) is 5.58. The topological polar surface area (TPSA) is 35.6 Å². The van der Waals surface area contributed by atoms with Gasteiger partial charge in [0.2, 0.25) is 5.91 Å². The molecule has 3 aliphatic rings. The van der Waals surface area contributed by atoms with Gasteiger partial charge >= 0.3 is 0 Å². The minimum atomic E-state index is 0.329. The van der Waals surface area contributed by atoms with Crippen molar-refractivity contribution in [3.8, 4) is 0 Å². The number of nitrogens with zero attached hydrogens (tertiary/aromatic N) is 2. The van der Waals surface area contributed by atoms with Crippen molar-refractivity contribution < 1.29 is 4.79 Å². The van der Waals surface area contributed by atoms with Crippen LogP contribution in [-0.4, -0.2) is 55.1 Å². The fraction of sp³-hybridized carbons (Fsp3) is 0.938. The van der Waals surface area contributed by atoms with Crippen molar-refractivity contribution in [2.75, 3.05) is 33.2 Å². The van der Waals surface area contributed by atoms with Crippen LogP contribution >= 0.6 is 0 Å². The van der Waals surface area contributed by atoms with E-state index in [1.807, 2.05) is 0 Å². The summed E-state index contributed by atoms with van der Waals surface area (Å²) >= 11 is 0. The molecule has 20 heavy (non-hydrogen) atoms. The predicted octanol–water partition coefficient (Wildman–Crippen LogP) is 1.67. The molecule has 1 atom stereocenters. The van der Waals surface area contributed by atoms with E-state index in [0.717, 1.165) is 12.5 Å². The molecule has 114 valence electrons. The normalized spacial score (nSPS) is 30.6. The van der Waals surface area contributed by atoms with Gasteiger partial charge in [0.25, 0.3) is 0 Å². The fourth-order valence-corrected chi connectivity index (χ4v) is 4.19. The van der Waals surface area contributed by atoms with Crippen LogP contribution in [-0.2, 0) is 4.79 Å². The van der Waals surface area contributed by atoms with E-state index in [9.17, 15) is 4.79 Å². The number of hydrogen-bond donors (Lipinski definition) is 1. The lowest BCUT2D eigenvalue weighted by Gasteiger charge is -2.33. The molecular weight excluding hydrogens is 250 g/mol. The number of piperidine rings is 1. The van der Waals surface area contributed by atoms with Crippen LogP contribution in [0.4, 0.5) is 0 Å². The summed E-state index contributed by atoms with van der Waals surface area (Å²) in [5, 5.41) is 3.46. The van der Waals surface area contributed by atoms with Gasteiger partial charge in [-0.25, -0.2) is 0 Å². The largest absolute Gasteiger partial charge is 0.326 e. The average Bonchev–Trinajstić information content (AvgIpc) is 3.08. The molecule has 2 saturated heterocycles.